The summed E-state index contributed by atoms with van der Waals surface area (Å²) in [5, 5.41) is 3.47. The van der Waals surface area contributed by atoms with Gasteiger partial charge in [-0.15, -0.1) is 0 Å². The summed E-state index contributed by atoms with van der Waals surface area (Å²) in [5.74, 6) is -1.81. The summed E-state index contributed by atoms with van der Waals surface area (Å²) >= 11 is 6.05. The Balaban J connectivity index is 1.71. The van der Waals surface area contributed by atoms with Crippen molar-refractivity contribution in [3.05, 3.63) is 101 Å². The second-order valence-electron chi connectivity index (χ2n) is 9.48. The number of hydrogen-bond donors (Lipinski definition) is 1. The lowest BCUT2D eigenvalue weighted by atomic mass is 10.0. The maximum atomic E-state index is 13.9. The zero-order valence-corrected chi connectivity index (χ0v) is 23.3. The number of sulfonamides is 1. The number of fused-ring (bicyclic) bond motifs is 1. The molecule has 1 heterocycles. The molecule has 3 aromatic rings. The molecule has 0 spiro atoms. The van der Waals surface area contributed by atoms with Crippen molar-refractivity contribution in [1.29, 1.82) is 0 Å². The van der Waals surface area contributed by atoms with Crippen molar-refractivity contribution < 1.29 is 22.8 Å². The fourth-order valence-corrected chi connectivity index (χ4v) is 6.03. The number of hydrogen-bond acceptors (Lipinski definition) is 5. The van der Waals surface area contributed by atoms with Gasteiger partial charge in [0.2, 0.25) is 11.8 Å². The summed E-state index contributed by atoms with van der Waals surface area (Å²) in [7, 11) is -4.21. The van der Waals surface area contributed by atoms with Crippen LogP contribution in [0.2, 0.25) is 5.02 Å². The van der Waals surface area contributed by atoms with Crippen LogP contribution in [0.5, 0.6) is 0 Å². The van der Waals surface area contributed by atoms with Crippen LogP contribution in [0.25, 0.3) is 0 Å². The average Bonchev–Trinajstić information content (AvgIpc) is 3.12. The van der Waals surface area contributed by atoms with Crippen molar-refractivity contribution >= 4 is 39.3 Å². The monoisotopic (exact) mass is 567 g/mol. The molecule has 3 aromatic carbocycles. The molecule has 1 N–H and O–H groups in total. The normalized spacial score (nSPS) is 15.4. The minimum absolute atomic E-state index is 0.0104. The van der Waals surface area contributed by atoms with E-state index >= 15 is 0 Å². The fourth-order valence-electron chi connectivity index (χ4n) is 4.38. The SMILES string of the molecule is CC[C@@H](C)NC(=O)[C@@H](Cc1ccccc1)N(Cc1ccc(Cl)cc1)C(=O)CN1C(=O)c2ccccc2S1(=O)=O. The van der Waals surface area contributed by atoms with E-state index in [4.69, 9.17) is 11.6 Å². The molecule has 0 saturated carbocycles. The van der Waals surface area contributed by atoms with Gasteiger partial charge in [0.15, 0.2) is 0 Å². The summed E-state index contributed by atoms with van der Waals surface area (Å²) in [5.41, 5.74) is 1.54. The third-order valence-electron chi connectivity index (χ3n) is 6.73. The molecule has 2 atom stereocenters. The lowest BCUT2D eigenvalue weighted by Gasteiger charge is -2.33. The van der Waals surface area contributed by atoms with E-state index in [2.05, 4.69) is 5.32 Å². The van der Waals surface area contributed by atoms with Crippen LogP contribution < -0.4 is 5.32 Å². The number of halogens is 1. The molecular formula is C29H30ClN3O5S. The molecule has 204 valence electrons. The molecule has 0 bridgehead atoms. The van der Waals surface area contributed by atoms with E-state index < -0.39 is 34.4 Å². The Labute approximate surface area is 233 Å². The summed E-state index contributed by atoms with van der Waals surface area (Å²) in [6.45, 7) is 3.09. The second kappa shape index (κ2) is 12.0. The second-order valence-corrected chi connectivity index (χ2v) is 11.8. The first-order valence-electron chi connectivity index (χ1n) is 12.7. The average molecular weight is 568 g/mol. The Hall–Kier alpha value is -3.69. The molecule has 0 radical (unpaired) electrons. The maximum absolute atomic E-state index is 13.9. The molecule has 0 aliphatic carbocycles. The molecule has 1 aliphatic rings. The minimum atomic E-state index is -4.21. The summed E-state index contributed by atoms with van der Waals surface area (Å²) in [6.07, 6.45) is 0.886. The van der Waals surface area contributed by atoms with Crippen LogP contribution in [0, 0.1) is 0 Å². The molecular weight excluding hydrogens is 538 g/mol. The quantitative estimate of drug-likeness (QED) is 0.398. The van der Waals surface area contributed by atoms with Crippen molar-refractivity contribution in [2.75, 3.05) is 6.54 Å². The van der Waals surface area contributed by atoms with Gasteiger partial charge in [0.25, 0.3) is 15.9 Å². The Bertz CT molecular complexity index is 1460. The van der Waals surface area contributed by atoms with E-state index in [0.29, 0.717) is 21.3 Å². The molecule has 1 aliphatic heterocycles. The van der Waals surface area contributed by atoms with Gasteiger partial charge in [0, 0.05) is 24.0 Å². The summed E-state index contributed by atoms with van der Waals surface area (Å²) in [6, 6.07) is 20.8. The zero-order valence-electron chi connectivity index (χ0n) is 21.7. The van der Waals surface area contributed by atoms with Crippen molar-refractivity contribution in [3.63, 3.8) is 0 Å². The molecule has 10 heteroatoms. The third-order valence-corrected chi connectivity index (χ3v) is 8.77. The first kappa shape index (κ1) is 28.3. The number of nitrogens with zero attached hydrogens (tertiary/aromatic N) is 2. The van der Waals surface area contributed by atoms with Crippen LogP contribution >= 0.6 is 11.6 Å². The Morgan fingerprint density at radius 2 is 1.59 bits per heavy atom. The van der Waals surface area contributed by atoms with E-state index in [0.717, 1.165) is 5.56 Å². The largest absolute Gasteiger partial charge is 0.352 e. The minimum Gasteiger partial charge on any atom is -0.352 e. The number of benzene rings is 3. The molecule has 3 amide bonds. The fraction of sp³-hybridized carbons (Fsp3) is 0.276. The van der Waals surface area contributed by atoms with Gasteiger partial charge in [-0.25, -0.2) is 12.7 Å². The topological polar surface area (TPSA) is 104 Å². The van der Waals surface area contributed by atoms with Crippen LogP contribution in [0.4, 0.5) is 0 Å². The zero-order chi connectivity index (χ0) is 28.2. The molecule has 39 heavy (non-hydrogen) atoms. The first-order chi connectivity index (χ1) is 18.6. The summed E-state index contributed by atoms with van der Waals surface area (Å²) in [4.78, 5) is 41.7. The van der Waals surface area contributed by atoms with Crippen molar-refractivity contribution in [1.82, 2.24) is 14.5 Å². The van der Waals surface area contributed by atoms with E-state index in [1.165, 1.54) is 23.1 Å². The number of amides is 3. The van der Waals surface area contributed by atoms with E-state index in [-0.39, 0.29) is 35.4 Å². The van der Waals surface area contributed by atoms with Crippen molar-refractivity contribution in [2.45, 2.75) is 50.2 Å². The van der Waals surface area contributed by atoms with Crippen LogP contribution in [0.3, 0.4) is 0 Å². The highest BCUT2D eigenvalue weighted by Gasteiger charge is 2.43. The standard InChI is InChI=1S/C29H30ClN3O5S/c1-3-20(2)31-28(35)25(17-21-9-5-4-6-10-21)32(18-22-13-15-23(30)16-14-22)27(34)19-33-29(36)24-11-7-8-12-26(24)39(33,37)38/h4-16,20,25H,3,17-19H2,1-2H3,(H,31,35)/t20-,25-/m1/s1. The predicted octanol–water partition coefficient (Wildman–Crippen LogP) is 4.04. The molecule has 0 aromatic heterocycles. The van der Waals surface area contributed by atoms with Crippen LogP contribution in [0.1, 0.15) is 41.8 Å². The number of carbonyl (C=O) groups excluding carboxylic acids is 3. The Morgan fingerprint density at radius 3 is 2.23 bits per heavy atom. The van der Waals surface area contributed by atoms with Gasteiger partial charge in [0.1, 0.15) is 17.5 Å². The van der Waals surface area contributed by atoms with Crippen LogP contribution in [-0.4, -0.2) is 54.0 Å². The molecule has 8 nitrogen and oxygen atoms in total. The van der Waals surface area contributed by atoms with Crippen molar-refractivity contribution in [2.24, 2.45) is 0 Å². The molecule has 0 unspecified atom stereocenters. The van der Waals surface area contributed by atoms with Gasteiger partial charge in [-0.05, 0) is 48.7 Å². The molecule has 0 fully saturated rings. The number of rotatable bonds is 10. The van der Waals surface area contributed by atoms with E-state index in [1.54, 1.807) is 30.3 Å². The predicted molar refractivity (Wildman–Crippen MR) is 148 cm³/mol. The van der Waals surface area contributed by atoms with Crippen LogP contribution in [-0.2, 0) is 32.6 Å². The highest BCUT2D eigenvalue weighted by molar-refractivity contribution is 7.90. The maximum Gasteiger partial charge on any atom is 0.269 e. The third kappa shape index (κ3) is 6.32. The number of carbonyl (C=O) groups is 3. The Kier molecular flexibility index (Phi) is 8.72. The molecule has 0 saturated heterocycles. The lowest BCUT2D eigenvalue weighted by Crippen LogP contribution is -2.54. The van der Waals surface area contributed by atoms with Gasteiger partial charge in [-0.2, -0.15) is 0 Å². The van der Waals surface area contributed by atoms with Gasteiger partial charge in [-0.1, -0.05) is 73.1 Å². The molecule has 4 rings (SSSR count). The Morgan fingerprint density at radius 1 is 0.949 bits per heavy atom. The van der Waals surface area contributed by atoms with Crippen molar-refractivity contribution in [3.8, 4) is 0 Å². The van der Waals surface area contributed by atoms with Gasteiger partial charge < -0.3 is 10.2 Å². The van der Waals surface area contributed by atoms with E-state index in [1.807, 2.05) is 44.2 Å². The number of nitrogens with one attached hydrogen (secondary N) is 1. The van der Waals surface area contributed by atoms with Crippen LogP contribution in [0.15, 0.2) is 83.8 Å². The summed E-state index contributed by atoms with van der Waals surface area (Å²) < 4.78 is 26.9. The highest BCUT2D eigenvalue weighted by Crippen LogP contribution is 2.30. The smallest absolute Gasteiger partial charge is 0.269 e. The van der Waals surface area contributed by atoms with E-state index in [9.17, 15) is 22.8 Å². The van der Waals surface area contributed by atoms with Gasteiger partial charge in [-0.3, -0.25) is 14.4 Å². The van der Waals surface area contributed by atoms with Gasteiger partial charge in [0.05, 0.1) is 5.56 Å². The highest BCUT2D eigenvalue weighted by atomic mass is 35.5. The lowest BCUT2D eigenvalue weighted by molar-refractivity contribution is -0.141. The first-order valence-corrected chi connectivity index (χ1v) is 14.5. The van der Waals surface area contributed by atoms with Gasteiger partial charge >= 0.3 is 0 Å².